The van der Waals surface area contributed by atoms with Gasteiger partial charge in [-0.1, -0.05) is 26.0 Å². The fraction of sp³-hybridized carbons (Fsp3) is 0.409. The molecule has 31 heavy (non-hydrogen) atoms. The van der Waals surface area contributed by atoms with Crippen LogP contribution in [0.5, 0.6) is 5.75 Å². The van der Waals surface area contributed by atoms with Crippen molar-refractivity contribution in [2.45, 2.75) is 43.8 Å². The third kappa shape index (κ3) is 7.57. The standard InChI is InChI=1S/C22H26F3NO4S/c1-15(2)21(16-6-4-7-17(14-16)22(23,24)25)26-20(27)8-5-13-30-18-9-11-19(12-10-18)31(3,28)29/h4,6-7,9-12,14-15,21H,5,8,13H2,1-3H3,(H,26,27). The Morgan fingerprint density at radius 1 is 1.10 bits per heavy atom. The second-order valence-corrected chi connectivity index (χ2v) is 9.62. The Hall–Kier alpha value is -2.55. The molecular formula is C22H26F3NO4S. The molecule has 0 radical (unpaired) electrons. The second kappa shape index (κ2) is 10.2. The number of nitrogens with one attached hydrogen (secondary N) is 1. The Labute approximate surface area is 180 Å². The van der Waals surface area contributed by atoms with Gasteiger partial charge < -0.3 is 10.1 Å². The van der Waals surface area contributed by atoms with Gasteiger partial charge >= 0.3 is 6.18 Å². The number of alkyl halides is 3. The van der Waals surface area contributed by atoms with E-state index in [2.05, 4.69) is 5.32 Å². The van der Waals surface area contributed by atoms with E-state index in [-0.39, 0.29) is 29.7 Å². The summed E-state index contributed by atoms with van der Waals surface area (Å²) in [4.78, 5) is 12.5. The minimum Gasteiger partial charge on any atom is -0.494 e. The first-order valence-electron chi connectivity index (χ1n) is 9.77. The average Bonchev–Trinajstić information content (AvgIpc) is 2.68. The summed E-state index contributed by atoms with van der Waals surface area (Å²) in [7, 11) is -3.28. The molecule has 0 bridgehead atoms. The van der Waals surface area contributed by atoms with Crippen molar-refractivity contribution in [2.24, 2.45) is 5.92 Å². The van der Waals surface area contributed by atoms with Gasteiger partial charge in [-0.25, -0.2) is 8.42 Å². The van der Waals surface area contributed by atoms with Crippen LogP contribution in [-0.2, 0) is 20.8 Å². The Balaban J connectivity index is 1.89. The molecule has 0 aliphatic heterocycles. The number of amides is 1. The van der Waals surface area contributed by atoms with E-state index in [1.54, 1.807) is 18.2 Å². The maximum absolute atomic E-state index is 13.0. The third-order valence-electron chi connectivity index (χ3n) is 4.63. The lowest BCUT2D eigenvalue weighted by molar-refractivity contribution is -0.137. The van der Waals surface area contributed by atoms with Crippen molar-refractivity contribution in [3.63, 3.8) is 0 Å². The fourth-order valence-corrected chi connectivity index (χ4v) is 3.63. The van der Waals surface area contributed by atoms with Crippen LogP contribution < -0.4 is 10.1 Å². The van der Waals surface area contributed by atoms with Crippen LogP contribution in [-0.4, -0.2) is 27.2 Å². The zero-order chi connectivity index (χ0) is 23.2. The lowest BCUT2D eigenvalue weighted by Gasteiger charge is -2.24. The quantitative estimate of drug-likeness (QED) is 0.550. The van der Waals surface area contributed by atoms with Gasteiger partial charge in [-0.15, -0.1) is 0 Å². The van der Waals surface area contributed by atoms with Crippen LogP contribution in [0.3, 0.4) is 0 Å². The van der Waals surface area contributed by atoms with E-state index in [0.29, 0.717) is 17.7 Å². The molecule has 0 heterocycles. The van der Waals surface area contributed by atoms with Gasteiger partial charge in [0.25, 0.3) is 0 Å². The predicted octanol–water partition coefficient (Wildman–Crippen LogP) is 4.78. The molecule has 2 rings (SSSR count). The van der Waals surface area contributed by atoms with Gasteiger partial charge in [-0.2, -0.15) is 13.2 Å². The minimum atomic E-state index is -4.45. The monoisotopic (exact) mass is 457 g/mol. The minimum absolute atomic E-state index is 0.1000. The van der Waals surface area contributed by atoms with Crippen molar-refractivity contribution < 1.29 is 31.1 Å². The molecule has 1 amide bonds. The topological polar surface area (TPSA) is 72.5 Å². The molecule has 2 aromatic rings. The van der Waals surface area contributed by atoms with Gasteiger partial charge in [0, 0.05) is 12.7 Å². The second-order valence-electron chi connectivity index (χ2n) is 7.61. The van der Waals surface area contributed by atoms with Gasteiger partial charge in [0.1, 0.15) is 5.75 Å². The molecule has 0 saturated carbocycles. The van der Waals surface area contributed by atoms with Crippen LogP contribution in [0.4, 0.5) is 13.2 Å². The number of benzene rings is 2. The van der Waals surface area contributed by atoms with E-state index in [1.165, 1.54) is 18.2 Å². The molecule has 2 aromatic carbocycles. The van der Waals surface area contributed by atoms with E-state index >= 15 is 0 Å². The first-order chi connectivity index (χ1) is 14.4. The van der Waals surface area contributed by atoms with Gasteiger partial charge in [0.05, 0.1) is 23.1 Å². The molecule has 1 atom stereocenters. The zero-order valence-corrected chi connectivity index (χ0v) is 18.4. The van der Waals surface area contributed by atoms with E-state index in [9.17, 15) is 26.4 Å². The number of rotatable bonds is 9. The molecule has 0 spiro atoms. The molecule has 1 N–H and O–H groups in total. The summed E-state index contributed by atoms with van der Waals surface area (Å²) in [6, 6.07) is 10.4. The highest BCUT2D eigenvalue weighted by Crippen LogP contribution is 2.32. The number of hydrogen-bond donors (Lipinski definition) is 1. The summed E-state index contributed by atoms with van der Waals surface area (Å²) in [5, 5.41) is 2.81. The highest BCUT2D eigenvalue weighted by Gasteiger charge is 2.31. The number of halogens is 3. The van der Waals surface area contributed by atoms with Gasteiger partial charge in [0.2, 0.25) is 5.91 Å². The van der Waals surface area contributed by atoms with Crippen molar-refractivity contribution in [3.8, 4) is 5.75 Å². The van der Waals surface area contributed by atoms with Crippen molar-refractivity contribution >= 4 is 15.7 Å². The van der Waals surface area contributed by atoms with Crippen LogP contribution >= 0.6 is 0 Å². The summed E-state index contributed by atoms with van der Waals surface area (Å²) in [5.74, 6) is 0.0982. The van der Waals surface area contributed by atoms with Gasteiger partial charge in [-0.05, 0) is 54.3 Å². The van der Waals surface area contributed by atoms with Gasteiger partial charge in [0.15, 0.2) is 9.84 Å². The van der Waals surface area contributed by atoms with Crippen LogP contribution in [0.25, 0.3) is 0 Å². The summed E-state index contributed by atoms with van der Waals surface area (Å²) in [6.07, 6.45) is -2.79. The Morgan fingerprint density at radius 2 is 1.74 bits per heavy atom. The van der Waals surface area contributed by atoms with E-state index in [0.717, 1.165) is 18.4 Å². The first-order valence-corrected chi connectivity index (χ1v) is 11.7. The average molecular weight is 458 g/mol. The van der Waals surface area contributed by atoms with Crippen LogP contribution in [0.2, 0.25) is 0 Å². The number of carbonyl (C=O) groups excluding carboxylic acids is 1. The lowest BCUT2D eigenvalue weighted by atomic mass is 9.94. The van der Waals surface area contributed by atoms with Crippen molar-refractivity contribution in [1.82, 2.24) is 5.32 Å². The molecule has 1 unspecified atom stereocenters. The highest BCUT2D eigenvalue weighted by atomic mass is 32.2. The molecule has 0 aromatic heterocycles. The number of hydrogen-bond acceptors (Lipinski definition) is 4. The normalized spacial score (nSPS) is 13.1. The molecule has 9 heteroatoms. The van der Waals surface area contributed by atoms with Crippen LogP contribution in [0.1, 0.15) is 43.9 Å². The maximum Gasteiger partial charge on any atom is 0.416 e. The Kier molecular flexibility index (Phi) is 8.11. The summed E-state index contributed by atoms with van der Waals surface area (Å²) in [6.45, 7) is 3.89. The molecule has 0 aliphatic rings. The third-order valence-corrected chi connectivity index (χ3v) is 5.75. The number of sulfone groups is 1. The lowest BCUT2D eigenvalue weighted by Crippen LogP contribution is -2.32. The Morgan fingerprint density at radius 3 is 2.29 bits per heavy atom. The molecule has 0 saturated heterocycles. The van der Waals surface area contributed by atoms with Gasteiger partial charge in [-0.3, -0.25) is 4.79 Å². The Bertz CT molecular complexity index is 987. The molecule has 0 aliphatic carbocycles. The first kappa shape index (κ1) is 24.7. The number of carbonyl (C=O) groups is 1. The van der Waals surface area contributed by atoms with Crippen LogP contribution in [0, 0.1) is 5.92 Å². The van der Waals surface area contributed by atoms with E-state index < -0.39 is 27.6 Å². The zero-order valence-electron chi connectivity index (χ0n) is 17.6. The summed E-state index contributed by atoms with van der Waals surface area (Å²) >= 11 is 0. The SMILES string of the molecule is CC(C)C(NC(=O)CCCOc1ccc(S(C)(=O)=O)cc1)c1cccc(C(F)(F)F)c1. The van der Waals surface area contributed by atoms with E-state index in [4.69, 9.17) is 4.74 Å². The van der Waals surface area contributed by atoms with Crippen molar-refractivity contribution in [3.05, 3.63) is 59.7 Å². The largest absolute Gasteiger partial charge is 0.494 e. The predicted molar refractivity (Wildman–Crippen MR) is 111 cm³/mol. The summed E-state index contributed by atoms with van der Waals surface area (Å²) < 4.78 is 67.4. The number of ether oxygens (including phenoxy) is 1. The summed E-state index contributed by atoms with van der Waals surface area (Å²) in [5.41, 5.74) is -0.347. The maximum atomic E-state index is 13.0. The molecular weight excluding hydrogens is 431 g/mol. The van der Waals surface area contributed by atoms with E-state index in [1.807, 2.05) is 13.8 Å². The fourth-order valence-electron chi connectivity index (χ4n) is 2.99. The molecule has 5 nitrogen and oxygen atoms in total. The van der Waals surface area contributed by atoms with Crippen molar-refractivity contribution in [2.75, 3.05) is 12.9 Å². The molecule has 0 fully saturated rings. The highest BCUT2D eigenvalue weighted by molar-refractivity contribution is 7.90. The smallest absolute Gasteiger partial charge is 0.416 e. The van der Waals surface area contributed by atoms with Crippen molar-refractivity contribution in [1.29, 1.82) is 0 Å². The molecule has 170 valence electrons. The van der Waals surface area contributed by atoms with Crippen LogP contribution in [0.15, 0.2) is 53.4 Å².